The van der Waals surface area contributed by atoms with Gasteiger partial charge in [-0.1, -0.05) is 12.1 Å². The van der Waals surface area contributed by atoms with Crippen molar-refractivity contribution < 1.29 is 9.13 Å². The van der Waals surface area contributed by atoms with E-state index in [1.54, 1.807) is 6.07 Å². The minimum Gasteiger partial charge on any atom is -0.484 e. The predicted molar refractivity (Wildman–Crippen MR) is 57.8 cm³/mol. The summed E-state index contributed by atoms with van der Waals surface area (Å²) in [5, 5.41) is 0. The van der Waals surface area contributed by atoms with Gasteiger partial charge in [0.1, 0.15) is 5.60 Å². The lowest BCUT2D eigenvalue weighted by Gasteiger charge is -2.30. The first-order chi connectivity index (χ1) is 6.70. The Morgan fingerprint density at radius 3 is 2.80 bits per heavy atom. The van der Waals surface area contributed by atoms with E-state index in [-0.39, 0.29) is 29.9 Å². The number of halogens is 2. The van der Waals surface area contributed by atoms with Crippen LogP contribution in [0.1, 0.15) is 30.9 Å². The molecule has 0 bridgehead atoms. The van der Waals surface area contributed by atoms with Crippen molar-refractivity contribution in [2.45, 2.75) is 30.9 Å². The molecule has 1 fully saturated rings. The predicted octanol–water partition coefficient (Wildman–Crippen LogP) is 2.56. The van der Waals surface area contributed by atoms with E-state index in [2.05, 4.69) is 0 Å². The third kappa shape index (κ3) is 1.60. The topological polar surface area (TPSA) is 35.2 Å². The largest absolute Gasteiger partial charge is 0.484 e. The summed E-state index contributed by atoms with van der Waals surface area (Å²) in [6, 6.07) is 4.88. The van der Waals surface area contributed by atoms with Crippen molar-refractivity contribution in [2.75, 3.05) is 0 Å². The molecule has 0 radical (unpaired) electrons. The third-order valence-corrected chi connectivity index (χ3v) is 3.12. The first-order valence-electron chi connectivity index (χ1n) is 4.93. The molecule has 2 aliphatic rings. The molecule has 2 N–H and O–H groups in total. The van der Waals surface area contributed by atoms with Crippen LogP contribution in [0, 0.1) is 5.82 Å². The molecule has 1 heterocycles. The van der Waals surface area contributed by atoms with E-state index in [1.165, 1.54) is 6.07 Å². The maximum Gasteiger partial charge on any atom is 0.165 e. The summed E-state index contributed by atoms with van der Waals surface area (Å²) in [6.45, 7) is 0. The molecule has 1 saturated carbocycles. The third-order valence-electron chi connectivity index (χ3n) is 3.12. The SMILES string of the molecule is Cl.NC1CC2(CC2)Oc2c(F)cccc21. The normalized spacial score (nSPS) is 25.1. The molecule has 0 aromatic heterocycles. The highest BCUT2D eigenvalue weighted by atomic mass is 35.5. The van der Waals surface area contributed by atoms with Gasteiger partial charge < -0.3 is 10.5 Å². The van der Waals surface area contributed by atoms with E-state index < -0.39 is 0 Å². The van der Waals surface area contributed by atoms with Gasteiger partial charge in [-0.05, 0) is 18.9 Å². The molecule has 1 aromatic rings. The van der Waals surface area contributed by atoms with Gasteiger partial charge in [0.2, 0.25) is 0 Å². The molecule has 3 rings (SSSR count). The lowest BCUT2D eigenvalue weighted by molar-refractivity contribution is 0.129. The lowest BCUT2D eigenvalue weighted by Crippen LogP contribution is -2.31. The second-order valence-electron chi connectivity index (χ2n) is 4.25. The zero-order valence-corrected chi connectivity index (χ0v) is 9.02. The van der Waals surface area contributed by atoms with Crippen LogP contribution in [-0.2, 0) is 0 Å². The average molecular weight is 230 g/mol. The Kier molecular flexibility index (Phi) is 2.40. The fourth-order valence-electron chi connectivity index (χ4n) is 2.14. The molecule has 1 spiro atoms. The average Bonchev–Trinajstić information content (AvgIpc) is 2.88. The maximum atomic E-state index is 13.4. The van der Waals surface area contributed by atoms with Crippen molar-refractivity contribution in [3.8, 4) is 5.75 Å². The van der Waals surface area contributed by atoms with Gasteiger partial charge in [-0.15, -0.1) is 12.4 Å². The van der Waals surface area contributed by atoms with Crippen LogP contribution in [0.25, 0.3) is 0 Å². The second-order valence-corrected chi connectivity index (χ2v) is 4.25. The van der Waals surface area contributed by atoms with Crippen LogP contribution in [0.15, 0.2) is 18.2 Å². The molecule has 1 aliphatic carbocycles. The molecule has 4 heteroatoms. The zero-order chi connectivity index (χ0) is 9.76. The van der Waals surface area contributed by atoms with Crippen LogP contribution >= 0.6 is 12.4 Å². The number of para-hydroxylation sites is 1. The van der Waals surface area contributed by atoms with Crippen molar-refractivity contribution in [1.29, 1.82) is 0 Å². The summed E-state index contributed by atoms with van der Waals surface area (Å²) in [6.07, 6.45) is 2.84. The molecule has 0 amide bonds. The minimum atomic E-state index is -0.288. The monoisotopic (exact) mass is 229 g/mol. The number of ether oxygens (including phenoxy) is 1. The van der Waals surface area contributed by atoms with E-state index in [0.717, 1.165) is 24.8 Å². The molecule has 1 aromatic carbocycles. The summed E-state index contributed by atoms with van der Waals surface area (Å²) < 4.78 is 19.1. The fraction of sp³-hybridized carbons (Fsp3) is 0.455. The Balaban J connectivity index is 0.000000853. The summed E-state index contributed by atoms with van der Waals surface area (Å²) in [5.74, 6) is 0.0904. The summed E-state index contributed by atoms with van der Waals surface area (Å²) >= 11 is 0. The van der Waals surface area contributed by atoms with E-state index in [1.807, 2.05) is 6.07 Å². The summed E-state index contributed by atoms with van der Waals surface area (Å²) in [4.78, 5) is 0. The molecule has 82 valence electrons. The zero-order valence-electron chi connectivity index (χ0n) is 8.20. The van der Waals surface area contributed by atoms with E-state index >= 15 is 0 Å². The number of fused-ring (bicyclic) bond motifs is 1. The van der Waals surface area contributed by atoms with Crippen LogP contribution in [0.2, 0.25) is 0 Å². The Labute approximate surface area is 94.0 Å². The van der Waals surface area contributed by atoms with Gasteiger partial charge in [0, 0.05) is 18.0 Å². The second kappa shape index (κ2) is 3.35. The highest BCUT2D eigenvalue weighted by Crippen LogP contribution is 2.51. The Morgan fingerprint density at radius 1 is 1.40 bits per heavy atom. The van der Waals surface area contributed by atoms with Crippen LogP contribution < -0.4 is 10.5 Å². The Bertz CT molecular complexity index is 392. The molecule has 1 unspecified atom stereocenters. The summed E-state index contributed by atoms with van der Waals surface area (Å²) in [5.41, 5.74) is 6.66. The molecule has 1 aliphatic heterocycles. The van der Waals surface area contributed by atoms with E-state index in [0.29, 0.717) is 5.75 Å². The van der Waals surface area contributed by atoms with Crippen LogP contribution in [-0.4, -0.2) is 5.60 Å². The van der Waals surface area contributed by atoms with Crippen LogP contribution in [0.4, 0.5) is 4.39 Å². The molecular formula is C11H13ClFNO. The fourth-order valence-corrected chi connectivity index (χ4v) is 2.14. The van der Waals surface area contributed by atoms with E-state index in [4.69, 9.17) is 10.5 Å². The van der Waals surface area contributed by atoms with Gasteiger partial charge >= 0.3 is 0 Å². The molecule has 1 atom stereocenters. The smallest absolute Gasteiger partial charge is 0.165 e. The number of rotatable bonds is 0. The Morgan fingerprint density at radius 2 is 2.13 bits per heavy atom. The van der Waals surface area contributed by atoms with Crippen LogP contribution in [0.3, 0.4) is 0 Å². The maximum absolute atomic E-state index is 13.4. The molecular weight excluding hydrogens is 217 g/mol. The van der Waals surface area contributed by atoms with Crippen LogP contribution in [0.5, 0.6) is 5.75 Å². The van der Waals surface area contributed by atoms with E-state index in [9.17, 15) is 4.39 Å². The van der Waals surface area contributed by atoms with Crippen molar-refractivity contribution in [1.82, 2.24) is 0 Å². The number of benzene rings is 1. The van der Waals surface area contributed by atoms with Gasteiger partial charge in [0.05, 0.1) is 0 Å². The van der Waals surface area contributed by atoms with Gasteiger partial charge in [0.15, 0.2) is 11.6 Å². The van der Waals surface area contributed by atoms with Gasteiger partial charge in [-0.2, -0.15) is 0 Å². The standard InChI is InChI=1S/C11H12FNO.ClH/c12-8-3-1-2-7-9(13)6-11(4-5-11)14-10(7)8;/h1-3,9H,4-6,13H2;1H. The molecule has 15 heavy (non-hydrogen) atoms. The van der Waals surface area contributed by atoms with Gasteiger partial charge in [-0.25, -0.2) is 4.39 Å². The highest BCUT2D eigenvalue weighted by Gasteiger charge is 2.50. The van der Waals surface area contributed by atoms with Gasteiger partial charge in [0.25, 0.3) is 0 Å². The van der Waals surface area contributed by atoms with Crippen molar-refractivity contribution in [3.63, 3.8) is 0 Å². The number of nitrogens with two attached hydrogens (primary N) is 1. The first kappa shape index (κ1) is 10.7. The Hall–Kier alpha value is -0.800. The van der Waals surface area contributed by atoms with Crippen molar-refractivity contribution >= 4 is 12.4 Å². The lowest BCUT2D eigenvalue weighted by atomic mass is 9.96. The molecule has 2 nitrogen and oxygen atoms in total. The summed E-state index contributed by atoms with van der Waals surface area (Å²) in [7, 11) is 0. The van der Waals surface area contributed by atoms with Gasteiger partial charge in [-0.3, -0.25) is 0 Å². The highest BCUT2D eigenvalue weighted by molar-refractivity contribution is 5.85. The van der Waals surface area contributed by atoms with Crippen molar-refractivity contribution in [3.05, 3.63) is 29.6 Å². The first-order valence-corrected chi connectivity index (χ1v) is 4.93. The quantitative estimate of drug-likeness (QED) is 0.742. The number of hydrogen-bond donors (Lipinski definition) is 1. The number of hydrogen-bond acceptors (Lipinski definition) is 2. The van der Waals surface area contributed by atoms with Crippen molar-refractivity contribution in [2.24, 2.45) is 5.73 Å². The minimum absolute atomic E-state index is 0. The molecule has 0 saturated heterocycles.